The molecule has 0 rings (SSSR count). The second-order valence-corrected chi connectivity index (χ2v) is 1.20. The molecular formula is C3H6FeNO2. The van der Waals surface area contributed by atoms with Gasteiger partial charge in [-0.1, -0.05) is 0 Å². The standard InChI is InChI=1S/C3H7NO2.Fe/c1-4-2-3(5)6;/h4H,2H2,1H3,(H,5,6);/q;+1/p-1. The molecular weight excluding hydrogens is 138 g/mol. The quantitative estimate of drug-likeness (QED) is 0.516. The molecule has 0 radical (unpaired) electrons. The second kappa shape index (κ2) is 4.12. The number of carbonyl (C=O) groups excluding carboxylic acids is 1. The fourth-order valence-corrected chi connectivity index (χ4v) is 0.250. The summed E-state index contributed by atoms with van der Waals surface area (Å²) in [6.07, 6.45) is 0. The van der Waals surface area contributed by atoms with E-state index >= 15 is 0 Å². The Morgan fingerprint density at radius 2 is 2.57 bits per heavy atom. The molecule has 0 unspecified atom stereocenters. The van der Waals surface area contributed by atoms with Crippen LogP contribution in [0.1, 0.15) is 0 Å². The first-order valence-corrected chi connectivity index (χ1v) is 2.21. The minimum atomic E-state index is -0.345. The van der Waals surface area contributed by atoms with E-state index in [-0.39, 0.29) is 12.5 Å². The molecule has 0 saturated heterocycles. The molecule has 0 aromatic carbocycles. The zero-order chi connectivity index (χ0) is 5.70. The third-order valence-corrected chi connectivity index (χ3v) is 0.653. The zero-order valence-electron chi connectivity index (χ0n) is 3.88. The summed E-state index contributed by atoms with van der Waals surface area (Å²) in [6.45, 7) is 0.226. The average molecular weight is 144 g/mol. The molecule has 0 atom stereocenters. The van der Waals surface area contributed by atoms with E-state index in [1.165, 1.54) is 0 Å². The maximum atomic E-state index is 10.1. The molecule has 1 N–H and O–H groups in total. The number of hydrogen-bond donors (Lipinski definition) is 1. The van der Waals surface area contributed by atoms with Crippen LogP contribution >= 0.6 is 0 Å². The Bertz CT molecular complexity index is 66.0. The van der Waals surface area contributed by atoms with Gasteiger partial charge in [-0.2, -0.15) is 0 Å². The van der Waals surface area contributed by atoms with Crippen molar-refractivity contribution in [3.05, 3.63) is 0 Å². The molecule has 0 spiro atoms. The normalized spacial score (nSPS) is 8.29. The van der Waals surface area contributed by atoms with E-state index in [4.69, 9.17) is 0 Å². The monoisotopic (exact) mass is 144 g/mol. The summed E-state index contributed by atoms with van der Waals surface area (Å²) >= 11 is 2.91. The van der Waals surface area contributed by atoms with Gasteiger partial charge in [-0.25, -0.2) is 0 Å². The summed E-state index contributed by atoms with van der Waals surface area (Å²) < 4.78 is 4.04. The van der Waals surface area contributed by atoms with Crippen LogP contribution in [0, 0.1) is 0 Å². The van der Waals surface area contributed by atoms with Crippen molar-refractivity contribution in [2.24, 2.45) is 0 Å². The number of nitrogens with one attached hydrogen (secondary N) is 1. The van der Waals surface area contributed by atoms with Gasteiger partial charge in [0.15, 0.2) is 0 Å². The third kappa shape index (κ3) is 3.79. The number of rotatable bonds is 2. The van der Waals surface area contributed by atoms with Gasteiger partial charge in [-0.05, 0) is 0 Å². The van der Waals surface area contributed by atoms with Crippen LogP contribution in [0.15, 0.2) is 0 Å². The fraction of sp³-hybridized carbons (Fsp3) is 0.667. The Labute approximate surface area is 50.6 Å². The molecule has 0 saturated carbocycles. The molecule has 0 bridgehead atoms. The molecule has 7 heavy (non-hydrogen) atoms. The van der Waals surface area contributed by atoms with Gasteiger partial charge in [0.05, 0.1) is 0 Å². The van der Waals surface area contributed by atoms with Crippen molar-refractivity contribution in [1.82, 2.24) is 5.32 Å². The molecule has 0 aliphatic heterocycles. The van der Waals surface area contributed by atoms with Crippen LogP contribution < -0.4 is 5.32 Å². The average Bonchev–Trinajstić information content (AvgIpc) is 1.68. The Kier molecular flexibility index (Phi) is 4.09. The molecule has 43 valence electrons. The summed E-state index contributed by atoms with van der Waals surface area (Å²) in [5, 5.41) is 2.60. The molecule has 0 aliphatic carbocycles. The summed E-state index contributed by atoms with van der Waals surface area (Å²) in [4.78, 5) is 10.1. The SMILES string of the molecule is CNCC(=O)[O][Fe]. The van der Waals surface area contributed by atoms with Crippen molar-refractivity contribution < 1.29 is 25.0 Å². The third-order valence-electron chi connectivity index (χ3n) is 0.402. The van der Waals surface area contributed by atoms with E-state index < -0.39 is 0 Å². The summed E-state index contributed by atoms with van der Waals surface area (Å²) in [5.41, 5.74) is 0. The fourth-order valence-electron chi connectivity index (χ4n) is 0.170. The maximum absolute atomic E-state index is 10.1. The van der Waals surface area contributed by atoms with Crippen LogP contribution in [0.2, 0.25) is 0 Å². The van der Waals surface area contributed by atoms with Crippen molar-refractivity contribution >= 4 is 5.97 Å². The van der Waals surface area contributed by atoms with Crippen LogP contribution in [-0.2, 0) is 25.0 Å². The van der Waals surface area contributed by atoms with Gasteiger partial charge in [0, 0.05) is 0 Å². The van der Waals surface area contributed by atoms with Gasteiger partial charge in [0.2, 0.25) is 0 Å². The molecule has 0 fully saturated rings. The molecule has 0 heterocycles. The minimum absolute atomic E-state index is 0.226. The van der Waals surface area contributed by atoms with Gasteiger partial charge in [0.25, 0.3) is 0 Å². The first-order valence-electron chi connectivity index (χ1n) is 1.76. The van der Waals surface area contributed by atoms with Gasteiger partial charge >= 0.3 is 49.8 Å². The molecule has 3 nitrogen and oxygen atoms in total. The van der Waals surface area contributed by atoms with Crippen LogP contribution in [0.5, 0.6) is 0 Å². The van der Waals surface area contributed by atoms with Gasteiger partial charge < -0.3 is 0 Å². The molecule has 0 amide bonds. The van der Waals surface area contributed by atoms with E-state index in [9.17, 15) is 4.79 Å². The molecule has 4 heteroatoms. The van der Waals surface area contributed by atoms with Crippen LogP contribution in [-0.4, -0.2) is 19.6 Å². The number of carbonyl (C=O) groups is 1. The zero-order valence-corrected chi connectivity index (χ0v) is 4.98. The second-order valence-electron chi connectivity index (χ2n) is 0.975. The van der Waals surface area contributed by atoms with Crippen molar-refractivity contribution in [1.29, 1.82) is 0 Å². The molecule has 0 aliphatic rings. The van der Waals surface area contributed by atoms with Crippen molar-refractivity contribution in [3.8, 4) is 0 Å². The first kappa shape index (κ1) is 6.95. The van der Waals surface area contributed by atoms with E-state index in [0.717, 1.165) is 0 Å². The topological polar surface area (TPSA) is 38.3 Å². The van der Waals surface area contributed by atoms with Crippen LogP contribution in [0.25, 0.3) is 0 Å². The summed E-state index contributed by atoms with van der Waals surface area (Å²) in [6, 6.07) is 0. The van der Waals surface area contributed by atoms with E-state index in [1.54, 1.807) is 7.05 Å². The Balaban J connectivity index is 3.00. The number of likely N-dealkylation sites (N-methyl/N-ethyl adjacent to an activating group) is 1. The van der Waals surface area contributed by atoms with Gasteiger partial charge in [-0.15, -0.1) is 0 Å². The predicted octanol–water partition coefficient (Wildman–Crippen LogP) is -0.789. The van der Waals surface area contributed by atoms with E-state index in [2.05, 4.69) is 25.5 Å². The van der Waals surface area contributed by atoms with Crippen LogP contribution in [0.4, 0.5) is 0 Å². The van der Waals surface area contributed by atoms with Crippen LogP contribution in [0.3, 0.4) is 0 Å². The van der Waals surface area contributed by atoms with E-state index in [0.29, 0.717) is 0 Å². The predicted molar refractivity (Wildman–Crippen MR) is 20.0 cm³/mol. The molecule has 0 aromatic rings. The van der Waals surface area contributed by atoms with E-state index in [1.807, 2.05) is 0 Å². The van der Waals surface area contributed by atoms with Crippen molar-refractivity contribution in [3.63, 3.8) is 0 Å². The first-order chi connectivity index (χ1) is 3.31. The van der Waals surface area contributed by atoms with Crippen molar-refractivity contribution in [2.75, 3.05) is 13.6 Å². The molecule has 0 aromatic heterocycles. The van der Waals surface area contributed by atoms with Gasteiger partial charge in [-0.3, -0.25) is 0 Å². The van der Waals surface area contributed by atoms with Crippen molar-refractivity contribution in [2.45, 2.75) is 0 Å². The number of hydrogen-bond acceptors (Lipinski definition) is 3. The summed E-state index contributed by atoms with van der Waals surface area (Å²) in [7, 11) is 1.66. The summed E-state index contributed by atoms with van der Waals surface area (Å²) in [5.74, 6) is -0.345. The Hall–Kier alpha value is -0.0505. The van der Waals surface area contributed by atoms with Gasteiger partial charge in [0.1, 0.15) is 0 Å². The Morgan fingerprint density at radius 3 is 2.71 bits per heavy atom. The Morgan fingerprint density at radius 1 is 2.00 bits per heavy atom.